The Morgan fingerprint density at radius 3 is 2.38 bits per heavy atom. The highest BCUT2D eigenvalue weighted by atomic mass is 16.2. The third-order valence-corrected chi connectivity index (χ3v) is 3.03. The Morgan fingerprint density at radius 1 is 1.24 bits per heavy atom. The minimum atomic E-state index is -0.464. The minimum absolute atomic E-state index is 0.0319. The SMILES string of the molecule is CC(C)CN(C)C(=O)c1cccc(NC(=O)C(C)(C)C)c1. The van der Waals surface area contributed by atoms with Gasteiger partial charge >= 0.3 is 0 Å². The maximum Gasteiger partial charge on any atom is 0.253 e. The summed E-state index contributed by atoms with van der Waals surface area (Å²) < 4.78 is 0. The maximum atomic E-state index is 12.3. The van der Waals surface area contributed by atoms with Crippen LogP contribution in [0.4, 0.5) is 5.69 Å². The molecule has 0 unspecified atom stereocenters. The van der Waals surface area contributed by atoms with Crippen molar-refractivity contribution in [1.29, 1.82) is 0 Å². The van der Waals surface area contributed by atoms with Crippen molar-refractivity contribution in [2.24, 2.45) is 11.3 Å². The lowest BCUT2D eigenvalue weighted by Gasteiger charge is -2.20. The molecule has 0 bridgehead atoms. The molecule has 2 amide bonds. The molecule has 1 N–H and O–H groups in total. The molecular weight excluding hydrogens is 264 g/mol. The number of rotatable bonds is 4. The van der Waals surface area contributed by atoms with Gasteiger partial charge < -0.3 is 10.2 Å². The van der Waals surface area contributed by atoms with E-state index in [-0.39, 0.29) is 11.8 Å². The Labute approximate surface area is 127 Å². The van der Waals surface area contributed by atoms with Gasteiger partial charge in [-0.25, -0.2) is 0 Å². The minimum Gasteiger partial charge on any atom is -0.341 e. The van der Waals surface area contributed by atoms with Crippen molar-refractivity contribution in [2.75, 3.05) is 18.9 Å². The molecule has 1 aromatic rings. The first kappa shape index (κ1) is 17.2. The summed E-state index contributed by atoms with van der Waals surface area (Å²) in [6.45, 7) is 10.4. The highest BCUT2D eigenvalue weighted by Gasteiger charge is 2.21. The van der Waals surface area contributed by atoms with Gasteiger partial charge in [-0.3, -0.25) is 9.59 Å². The third kappa shape index (κ3) is 5.21. The van der Waals surface area contributed by atoms with E-state index in [1.54, 1.807) is 36.2 Å². The molecule has 116 valence electrons. The number of carbonyl (C=O) groups excluding carboxylic acids is 2. The zero-order valence-electron chi connectivity index (χ0n) is 13.9. The van der Waals surface area contributed by atoms with Crippen LogP contribution in [0, 0.1) is 11.3 Å². The molecule has 0 fully saturated rings. The number of hydrogen-bond donors (Lipinski definition) is 1. The van der Waals surface area contributed by atoms with E-state index in [4.69, 9.17) is 0 Å². The van der Waals surface area contributed by atoms with Gasteiger partial charge in [-0.2, -0.15) is 0 Å². The van der Waals surface area contributed by atoms with Crippen molar-refractivity contribution in [3.05, 3.63) is 29.8 Å². The molecule has 1 aromatic carbocycles. The fourth-order valence-corrected chi connectivity index (χ4v) is 1.90. The quantitative estimate of drug-likeness (QED) is 0.924. The zero-order chi connectivity index (χ0) is 16.2. The van der Waals surface area contributed by atoms with Crippen molar-refractivity contribution in [2.45, 2.75) is 34.6 Å². The molecule has 0 aromatic heterocycles. The van der Waals surface area contributed by atoms with E-state index >= 15 is 0 Å². The predicted octanol–water partition coefficient (Wildman–Crippen LogP) is 3.40. The molecule has 1 rings (SSSR count). The lowest BCUT2D eigenvalue weighted by atomic mass is 9.95. The first-order chi connectivity index (χ1) is 9.61. The van der Waals surface area contributed by atoms with Crippen LogP contribution in [0.5, 0.6) is 0 Å². The summed E-state index contributed by atoms with van der Waals surface area (Å²) in [7, 11) is 1.79. The second-order valence-electron chi connectivity index (χ2n) is 6.86. The van der Waals surface area contributed by atoms with Crippen molar-refractivity contribution >= 4 is 17.5 Å². The fourth-order valence-electron chi connectivity index (χ4n) is 1.90. The van der Waals surface area contributed by atoms with Crippen LogP contribution in [0.1, 0.15) is 45.0 Å². The van der Waals surface area contributed by atoms with Crippen molar-refractivity contribution in [3.8, 4) is 0 Å². The standard InChI is InChI=1S/C17H26N2O2/c1-12(2)11-19(6)15(20)13-8-7-9-14(10-13)18-16(21)17(3,4)5/h7-10,12H,11H2,1-6H3,(H,18,21). The number of amides is 2. The predicted molar refractivity (Wildman–Crippen MR) is 86.3 cm³/mol. The Bertz CT molecular complexity index is 516. The van der Waals surface area contributed by atoms with E-state index in [0.717, 1.165) is 0 Å². The molecule has 0 heterocycles. The fraction of sp³-hybridized carbons (Fsp3) is 0.529. The van der Waals surface area contributed by atoms with Crippen LogP contribution in [0.2, 0.25) is 0 Å². The lowest BCUT2D eigenvalue weighted by molar-refractivity contribution is -0.123. The van der Waals surface area contributed by atoms with Crippen molar-refractivity contribution in [1.82, 2.24) is 4.90 Å². The first-order valence-electron chi connectivity index (χ1n) is 7.28. The number of anilines is 1. The number of nitrogens with one attached hydrogen (secondary N) is 1. The summed E-state index contributed by atoms with van der Waals surface area (Å²) in [6.07, 6.45) is 0. The Morgan fingerprint density at radius 2 is 1.86 bits per heavy atom. The third-order valence-electron chi connectivity index (χ3n) is 3.03. The molecule has 4 heteroatoms. The van der Waals surface area contributed by atoms with Crippen LogP contribution >= 0.6 is 0 Å². The van der Waals surface area contributed by atoms with Gasteiger partial charge in [0.15, 0.2) is 0 Å². The summed E-state index contributed by atoms with van der Waals surface area (Å²) in [4.78, 5) is 26.0. The molecule has 0 atom stereocenters. The largest absolute Gasteiger partial charge is 0.341 e. The summed E-state index contributed by atoms with van der Waals surface area (Å²) in [6, 6.07) is 7.08. The summed E-state index contributed by atoms with van der Waals surface area (Å²) in [5.74, 6) is 0.320. The number of hydrogen-bond acceptors (Lipinski definition) is 2. The van der Waals surface area contributed by atoms with Crippen LogP contribution < -0.4 is 5.32 Å². The summed E-state index contributed by atoms with van der Waals surface area (Å²) in [5, 5.41) is 2.85. The Kier molecular flexibility index (Phi) is 5.53. The highest BCUT2D eigenvalue weighted by molar-refractivity contribution is 5.98. The lowest BCUT2D eigenvalue weighted by Crippen LogP contribution is -2.30. The van der Waals surface area contributed by atoms with Gasteiger partial charge in [-0.05, 0) is 24.1 Å². The second-order valence-corrected chi connectivity index (χ2v) is 6.86. The Balaban J connectivity index is 2.86. The van der Waals surface area contributed by atoms with E-state index in [0.29, 0.717) is 23.7 Å². The van der Waals surface area contributed by atoms with Crippen molar-refractivity contribution in [3.63, 3.8) is 0 Å². The van der Waals surface area contributed by atoms with Gasteiger partial charge in [0.1, 0.15) is 0 Å². The van der Waals surface area contributed by atoms with E-state index in [1.807, 2.05) is 20.8 Å². The zero-order valence-corrected chi connectivity index (χ0v) is 13.9. The van der Waals surface area contributed by atoms with Crippen LogP contribution in [-0.2, 0) is 4.79 Å². The van der Waals surface area contributed by atoms with Crippen LogP contribution in [0.3, 0.4) is 0 Å². The van der Waals surface area contributed by atoms with E-state index in [9.17, 15) is 9.59 Å². The first-order valence-corrected chi connectivity index (χ1v) is 7.28. The van der Waals surface area contributed by atoms with Crippen LogP contribution in [-0.4, -0.2) is 30.3 Å². The monoisotopic (exact) mass is 290 g/mol. The molecule has 21 heavy (non-hydrogen) atoms. The van der Waals surface area contributed by atoms with Gasteiger partial charge in [0, 0.05) is 30.3 Å². The smallest absolute Gasteiger partial charge is 0.253 e. The molecule has 0 saturated heterocycles. The molecular formula is C17H26N2O2. The summed E-state index contributed by atoms with van der Waals surface area (Å²) >= 11 is 0. The summed E-state index contributed by atoms with van der Waals surface area (Å²) in [5.41, 5.74) is 0.776. The molecule has 0 spiro atoms. The van der Waals surface area contributed by atoms with Gasteiger partial charge in [0.05, 0.1) is 0 Å². The van der Waals surface area contributed by atoms with Crippen LogP contribution in [0.15, 0.2) is 24.3 Å². The molecule has 0 saturated carbocycles. The van der Waals surface area contributed by atoms with E-state index < -0.39 is 5.41 Å². The highest BCUT2D eigenvalue weighted by Crippen LogP contribution is 2.18. The van der Waals surface area contributed by atoms with Gasteiger partial charge in [-0.1, -0.05) is 40.7 Å². The van der Waals surface area contributed by atoms with Crippen LogP contribution in [0.25, 0.3) is 0 Å². The molecule has 0 aliphatic rings. The van der Waals surface area contributed by atoms with Gasteiger partial charge in [0.2, 0.25) is 5.91 Å². The van der Waals surface area contributed by atoms with E-state index in [2.05, 4.69) is 19.2 Å². The van der Waals surface area contributed by atoms with Gasteiger partial charge in [0.25, 0.3) is 5.91 Å². The number of carbonyl (C=O) groups is 2. The molecule has 0 aliphatic heterocycles. The maximum absolute atomic E-state index is 12.3. The van der Waals surface area contributed by atoms with E-state index in [1.165, 1.54) is 0 Å². The Hall–Kier alpha value is -1.84. The molecule has 4 nitrogen and oxygen atoms in total. The van der Waals surface area contributed by atoms with Crippen molar-refractivity contribution < 1.29 is 9.59 Å². The molecule has 0 aliphatic carbocycles. The topological polar surface area (TPSA) is 49.4 Å². The average Bonchev–Trinajstić information content (AvgIpc) is 2.36. The second kappa shape index (κ2) is 6.74. The molecule has 0 radical (unpaired) electrons. The number of nitrogens with zero attached hydrogens (tertiary/aromatic N) is 1. The normalized spacial score (nSPS) is 11.4. The number of benzene rings is 1. The average molecular weight is 290 g/mol. The van der Waals surface area contributed by atoms with Gasteiger partial charge in [-0.15, -0.1) is 0 Å².